The molecular formula is C26H32N4O7. The zero-order valence-corrected chi connectivity index (χ0v) is 21.1. The number of fused-ring (bicyclic) bond motifs is 3. The molecule has 1 aromatic rings. The number of amides is 2. The Morgan fingerprint density at radius 2 is 1.86 bits per heavy atom. The van der Waals surface area contributed by atoms with Gasteiger partial charge in [-0.2, -0.15) is 0 Å². The van der Waals surface area contributed by atoms with Crippen LogP contribution in [0, 0.1) is 17.8 Å². The number of nitrogens with one attached hydrogen (secondary N) is 2. The molecule has 11 heteroatoms. The van der Waals surface area contributed by atoms with Gasteiger partial charge in [0, 0.05) is 31.8 Å². The van der Waals surface area contributed by atoms with Gasteiger partial charge in [-0.15, -0.1) is 0 Å². The molecular weight excluding hydrogens is 480 g/mol. The van der Waals surface area contributed by atoms with Gasteiger partial charge in [-0.1, -0.05) is 6.92 Å². The summed E-state index contributed by atoms with van der Waals surface area (Å²) in [6, 6.07) is 1.62. The van der Waals surface area contributed by atoms with Crippen molar-refractivity contribution in [3.63, 3.8) is 0 Å². The van der Waals surface area contributed by atoms with Crippen molar-refractivity contribution in [2.45, 2.75) is 32.6 Å². The highest BCUT2D eigenvalue weighted by atomic mass is 16.3. The fourth-order valence-electron chi connectivity index (χ4n) is 5.76. The topological polar surface area (TPSA) is 182 Å². The first kappa shape index (κ1) is 26.2. The van der Waals surface area contributed by atoms with Gasteiger partial charge in [0.15, 0.2) is 11.6 Å². The minimum atomic E-state index is -1.18. The Hall–Kier alpha value is -3.86. The maximum absolute atomic E-state index is 13.6. The van der Waals surface area contributed by atoms with Crippen molar-refractivity contribution in [1.29, 1.82) is 0 Å². The number of primary amides is 1. The molecule has 0 bridgehead atoms. The summed E-state index contributed by atoms with van der Waals surface area (Å²) >= 11 is 0. The monoisotopic (exact) mass is 512 g/mol. The fourth-order valence-corrected chi connectivity index (χ4v) is 5.76. The number of nitrogens with zero attached hydrogens (tertiary/aromatic N) is 1. The van der Waals surface area contributed by atoms with Gasteiger partial charge in [0.25, 0.3) is 5.91 Å². The summed E-state index contributed by atoms with van der Waals surface area (Å²) in [5, 5.41) is 38.8. The Balaban J connectivity index is 1.81. The summed E-state index contributed by atoms with van der Waals surface area (Å²) in [6.45, 7) is 2.65. The van der Waals surface area contributed by atoms with Crippen LogP contribution in [0.5, 0.6) is 5.75 Å². The number of hydrogen-bond acceptors (Lipinski definition) is 9. The average Bonchev–Trinajstić information content (AvgIpc) is 2.79. The van der Waals surface area contributed by atoms with E-state index in [-0.39, 0.29) is 41.4 Å². The minimum Gasteiger partial charge on any atom is -0.511 e. The second-order valence-corrected chi connectivity index (χ2v) is 10.0. The van der Waals surface area contributed by atoms with Crippen molar-refractivity contribution in [1.82, 2.24) is 5.32 Å². The first-order valence-electron chi connectivity index (χ1n) is 12.3. The number of anilines is 2. The first-order chi connectivity index (χ1) is 17.5. The molecule has 4 rings (SSSR count). The zero-order chi connectivity index (χ0) is 27.2. The lowest BCUT2D eigenvalue weighted by atomic mass is 9.61. The number of ketones is 2. The van der Waals surface area contributed by atoms with Gasteiger partial charge in [-0.05, 0) is 49.3 Å². The summed E-state index contributed by atoms with van der Waals surface area (Å²) in [6.07, 6.45) is 1.34. The third kappa shape index (κ3) is 4.43. The molecule has 0 heterocycles. The highest BCUT2D eigenvalue weighted by molar-refractivity contribution is 6.21. The Labute approximate surface area is 214 Å². The van der Waals surface area contributed by atoms with Gasteiger partial charge in [0.05, 0.1) is 23.7 Å². The van der Waals surface area contributed by atoms with E-state index in [4.69, 9.17) is 5.73 Å². The lowest BCUT2D eigenvalue weighted by Crippen LogP contribution is -2.44. The van der Waals surface area contributed by atoms with Crippen LogP contribution < -0.4 is 21.3 Å². The Morgan fingerprint density at radius 1 is 1.16 bits per heavy atom. The molecule has 0 aromatic heterocycles. The molecule has 11 nitrogen and oxygen atoms in total. The van der Waals surface area contributed by atoms with Crippen molar-refractivity contribution in [2.24, 2.45) is 23.5 Å². The number of aliphatic hydroxyl groups excluding tert-OH is 2. The maximum Gasteiger partial charge on any atom is 0.255 e. The van der Waals surface area contributed by atoms with Crippen LogP contribution >= 0.6 is 0 Å². The van der Waals surface area contributed by atoms with E-state index < -0.39 is 52.3 Å². The number of aliphatic hydroxyl groups is 2. The highest BCUT2D eigenvalue weighted by Crippen LogP contribution is 2.52. The number of hydrogen-bond donors (Lipinski definition) is 6. The molecule has 1 fully saturated rings. The van der Waals surface area contributed by atoms with Crippen LogP contribution in [-0.4, -0.2) is 65.9 Å². The molecule has 0 spiro atoms. The molecule has 1 aromatic carbocycles. The predicted octanol–water partition coefficient (Wildman–Crippen LogP) is 1.31. The summed E-state index contributed by atoms with van der Waals surface area (Å²) in [5.41, 5.74) is 6.07. The summed E-state index contributed by atoms with van der Waals surface area (Å²) < 4.78 is 0. The molecule has 3 atom stereocenters. The zero-order valence-electron chi connectivity index (χ0n) is 21.1. The van der Waals surface area contributed by atoms with Crippen molar-refractivity contribution < 1.29 is 34.5 Å². The smallest absolute Gasteiger partial charge is 0.255 e. The molecule has 0 radical (unpaired) electrons. The lowest BCUT2D eigenvalue weighted by Gasteiger charge is -2.41. The molecule has 3 aliphatic rings. The Kier molecular flexibility index (Phi) is 7.00. The van der Waals surface area contributed by atoms with Gasteiger partial charge < -0.3 is 36.6 Å². The number of aromatic hydroxyl groups is 1. The van der Waals surface area contributed by atoms with Gasteiger partial charge >= 0.3 is 0 Å². The van der Waals surface area contributed by atoms with Crippen molar-refractivity contribution in [2.75, 3.05) is 37.4 Å². The van der Waals surface area contributed by atoms with Gasteiger partial charge in [-0.25, -0.2) is 0 Å². The van der Waals surface area contributed by atoms with E-state index in [9.17, 15) is 34.5 Å². The maximum atomic E-state index is 13.6. The number of phenols is 1. The minimum absolute atomic E-state index is 0.0200. The fraction of sp³-hybridized carbons (Fsp3) is 0.462. The number of benzene rings is 1. The number of carbonyl (C=O) groups is 4. The average molecular weight is 513 g/mol. The summed E-state index contributed by atoms with van der Waals surface area (Å²) in [5.74, 6) is -6.38. The van der Waals surface area contributed by atoms with Crippen LogP contribution in [0.1, 0.15) is 37.3 Å². The second-order valence-electron chi connectivity index (χ2n) is 10.0. The molecule has 3 aliphatic carbocycles. The quantitative estimate of drug-likeness (QED) is 0.178. The van der Waals surface area contributed by atoms with Crippen LogP contribution in [0.15, 0.2) is 23.0 Å². The Bertz CT molecular complexity index is 1260. The molecule has 37 heavy (non-hydrogen) atoms. The predicted molar refractivity (Wildman–Crippen MR) is 136 cm³/mol. The molecule has 0 saturated heterocycles. The second kappa shape index (κ2) is 9.89. The van der Waals surface area contributed by atoms with Crippen LogP contribution in [0.3, 0.4) is 0 Å². The number of carbonyl (C=O) groups excluding carboxylic acids is 4. The first-order valence-corrected chi connectivity index (χ1v) is 12.3. The third-order valence-electron chi connectivity index (χ3n) is 7.33. The van der Waals surface area contributed by atoms with Gasteiger partial charge in [0.1, 0.15) is 22.8 Å². The van der Waals surface area contributed by atoms with E-state index in [1.54, 1.807) is 25.1 Å². The lowest BCUT2D eigenvalue weighted by molar-refractivity contribution is -0.127. The van der Waals surface area contributed by atoms with Crippen LogP contribution in [0.4, 0.5) is 11.4 Å². The number of nitrogens with two attached hydrogens (primary N) is 1. The third-order valence-corrected chi connectivity index (χ3v) is 7.33. The molecule has 198 valence electrons. The summed E-state index contributed by atoms with van der Waals surface area (Å²) in [4.78, 5) is 52.0. The van der Waals surface area contributed by atoms with E-state index in [2.05, 4.69) is 10.6 Å². The SMILES string of the molecule is CCCNCC(=O)Nc1cc(N(C)C)c2c(c1O)C(O)=C1C(=O)C3C(O)=C(C(N)=O)C(=O)CC3CC1C2. The van der Waals surface area contributed by atoms with Crippen LogP contribution in [-0.2, 0) is 25.6 Å². The van der Waals surface area contributed by atoms with Crippen molar-refractivity contribution >= 4 is 40.5 Å². The summed E-state index contributed by atoms with van der Waals surface area (Å²) in [7, 11) is 3.57. The standard InChI is InChI=1S/C26H32N4O7/c1-4-5-28-10-17(32)29-14-9-15(30(2)3)13-7-11-6-12-8-16(31)21(26(27)37)25(36)19(12)23(34)18(11)24(35)20(13)22(14)33/h9,11-12,19,28,33,35-36H,4-8,10H2,1-3H3,(H2,27,37)(H,29,32). The van der Waals surface area contributed by atoms with Gasteiger partial charge in [-0.3, -0.25) is 19.2 Å². The molecule has 3 unspecified atom stereocenters. The Morgan fingerprint density at radius 3 is 2.49 bits per heavy atom. The largest absolute Gasteiger partial charge is 0.511 e. The van der Waals surface area contributed by atoms with E-state index in [1.165, 1.54) is 0 Å². The van der Waals surface area contributed by atoms with E-state index in [0.717, 1.165) is 6.42 Å². The van der Waals surface area contributed by atoms with Crippen LogP contribution in [0.25, 0.3) is 5.76 Å². The van der Waals surface area contributed by atoms with E-state index in [1.807, 2.05) is 6.92 Å². The van der Waals surface area contributed by atoms with Crippen molar-refractivity contribution in [3.05, 3.63) is 34.1 Å². The van der Waals surface area contributed by atoms with Crippen LogP contribution in [0.2, 0.25) is 0 Å². The molecule has 0 aliphatic heterocycles. The number of allylic oxidation sites excluding steroid dienone is 2. The molecule has 1 saturated carbocycles. The van der Waals surface area contributed by atoms with E-state index >= 15 is 0 Å². The van der Waals surface area contributed by atoms with Crippen molar-refractivity contribution in [3.8, 4) is 5.75 Å². The number of Topliss-reactive ketones (excluding diaryl/α,β-unsaturated/α-hetero) is 2. The number of phenolic OH excluding ortho intramolecular Hbond substituents is 1. The van der Waals surface area contributed by atoms with E-state index in [0.29, 0.717) is 30.6 Å². The number of rotatable bonds is 7. The van der Waals surface area contributed by atoms with Gasteiger partial charge in [0.2, 0.25) is 5.91 Å². The normalized spacial score (nSPS) is 22.8. The molecule has 7 N–H and O–H groups in total. The molecule has 2 amide bonds. The highest BCUT2D eigenvalue weighted by Gasteiger charge is 2.51.